The summed E-state index contributed by atoms with van der Waals surface area (Å²) < 4.78 is 11.5. The van der Waals surface area contributed by atoms with Crippen molar-refractivity contribution in [3.05, 3.63) is 0 Å². The average molecular weight is 357 g/mol. The van der Waals surface area contributed by atoms with Crippen molar-refractivity contribution in [3.8, 4) is 0 Å². The molecule has 100 valence electrons. The van der Waals surface area contributed by atoms with E-state index in [2.05, 4.69) is 22.6 Å². The van der Waals surface area contributed by atoms with Crippen molar-refractivity contribution >= 4 is 28.7 Å². The second-order valence-corrected chi connectivity index (χ2v) is 5.50. The standard InChI is InChI=1S/C11H20INO4/c1-11(2,8-12)17-10(15)13-4-3-5-16-9(6-13)7-14/h9,14H,3-8H2,1-2H3/t9-/m0/s1. The minimum Gasteiger partial charge on any atom is -0.443 e. The van der Waals surface area contributed by atoms with Crippen molar-refractivity contribution in [3.63, 3.8) is 0 Å². The first kappa shape index (κ1) is 15.0. The fraction of sp³-hybridized carbons (Fsp3) is 0.909. The number of amides is 1. The fourth-order valence-corrected chi connectivity index (χ4v) is 1.66. The van der Waals surface area contributed by atoms with Crippen LogP contribution in [0.5, 0.6) is 0 Å². The summed E-state index contributed by atoms with van der Waals surface area (Å²) in [6.45, 7) is 5.29. The third-order valence-electron chi connectivity index (χ3n) is 2.50. The van der Waals surface area contributed by atoms with Crippen LogP contribution >= 0.6 is 22.6 Å². The highest BCUT2D eigenvalue weighted by Gasteiger charge is 2.28. The van der Waals surface area contributed by atoms with E-state index in [4.69, 9.17) is 14.6 Å². The van der Waals surface area contributed by atoms with Crippen LogP contribution in [0.25, 0.3) is 0 Å². The zero-order valence-corrected chi connectivity index (χ0v) is 12.5. The molecule has 1 aliphatic rings. The van der Waals surface area contributed by atoms with Crippen LogP contribution in [0.3, 0.4) is 0 Å². The van der Waals surface area contributed by atoms with Crippen LogP contribution in [-0.4, -0.2) is 58.5 Å². The number of hydrogen-bond donors (Lipinski definition) is 1. The molecule has 1 amide bonds. The molecule has 0 saturated carbocycles. The van der Waals surface area contributed by atoms with E-state index >= 15 is 0 Å². The number of hydrogen-bond acceptors (Lipinski definition) is 4. The molecule has 0 radical (unpaired) electrons. The van der Waals surface area contributed by atoms with Crippen LogP contribution in [0, 0.1) is 0 Å². The molecule has 5 nitrogen and oxygen atoms in total. The van der Waals surface area contributed by atoms with Crippen LogP contribution in [-0.2, 0) is 9.47 Å². The van der Waals surface area contributed by atoms with Gasteiger partial charge in [-0.25, -0.2) is 4.79 Å². The number of aliphatic hydroxyl groups is 1. The smallest absolute Gasteiger partial charge is 0.410 e. The number of aliphatic hydroxyl groups excluding tert-OH is 1. The van der Waals surface area contributed by atoms with Crippen LogP contribution in [0.4, 0.5) is 4.79 Å². The van der Waals surface area contributed by atoms with E-state index in [1.807, 2.05) is 13.8 Å². The Morgan fingerprint density at radius 3 is 2.94 bits per heavy atom. The number of nitrogens with zero attached hydrogens (tertiary/aromatic N) is 1. The van der Waals surface area contributed by atoms with E-state index in [0.29, 0.717) is 19.7 Å². The zero-order chi connectivity index (χ0) is 12.9. The first-order valence-electron chi connectivity index (χ1n) is 5.75. The Balaban J connectivity index is 2.55. The summed E-state index contributed by atoms with van der Waals surface area (Å²) in [5, 5.41) is 9.09. The molecule has 0 bridgehead atoms. The molecule has 1 fully saturated rings. The highest BCUT2D eigenvalue weighted by Crippen LogP contribution is 2.16. The van der Waals surface area contributed by atoms with E-state index in [-0.39, 0.29) is 18.8 Å². The minimum absolute atomic E-state index is 0.0700. The van der Waals surface area contributed by atoms with Crippen LogP contribution in [0.15, 0.2) is 0 Å². The van der Waals surface area contributed by atoms with Gasteiger partial charge in [0.05, 0.1) is 19.3 Å². The highest BCUT2D eigenvalue weighted by molar-refractivity contribution is 14.1. The Morgan fingerprint density at radius 1 is 1.65 bits per heavy atom. The Hall–Kier alpha value is -0.0800. The van der Waals surface area contributed by atoms with Gasteiger partial charge in [0.1, 0.15) is 5.60 Å². The van der Waals surface area contributed by atoms with Crippen molar-refractivity contribution in [1.82, 2.24) is 4.90 Å². The molecule has 0 spiro atoms. The Kier molecular flexibility index (Phi) is 5.94. The summed E-state index contributed by atoms with van der Waals surface area (Å²) >= 11 is 2.19. The van der Waals surface area contributed by atoms with Crippen molar-refractivity contribution in [2.45, 2.75) is 32.0 Å². The summed E-state index contributed by atoms with van der Waals surface area (Å²) in [5.41, 5.74) is -0.459. The zero-order valence-electron chi connectivity index (χ0n) is 10.3. The van der Waals surface area contributed by atoms with Gasteiger partial charge in [0.15, 0.2) is 0 Å². The lowest BCUT2D eigenvalue weighted by atomic mass is 10.2. The molecule has 1 rings (SSSR count). The van der Waals surface area contributed by atoms with Gasteiger partial charge in [-0.3, -0.25) is 0 Å². The molecule has 1 atom stereocenters. The first-order chi connectivity index (χ1) is 7.98. The minimum atomic E-state index is -0.459. The number of alkyl halides is 1. The molecule has 0 aromatic heterocycles. The third kappa shape index (κ3) is 4.97. The maximum Gasteiger partial charge on any atom is 0.410 e. The average Bonchev–Trinajstić information content (AvgIpc) is 2.53. The third-order valence-corrected chi connectivity index (χ3v) is 4.33. The van der Waals surface area contributed by atoms with Crippen LogP contribution < -0.4 is 0 Å². The normalized spacial score (nSPS) is 22.1. The Bertz CT molecular complexity index is 260. The Morgan fingerprint density at radius 2 is 2.35 bits per heavy atom. The largest absolute Gasteiger partial charge is 0.443 e. The molecule has 1 saturated heterocycles. The van der Waals surface area contributed by atoms with Gasteiger partial charge in [0.25, 0.3) is 0 Å². The van der Waals surface area contributed by atoms with Crippen molar-refractivity contribution in [2.24, 2.45) is 0 Å². The lowest BCUT2D eigenvalue weighted by Gasteiger charge is -2.28. The summed E-state index contributed by atoms with van der Waals surface area (Å²) in [6, 6.07) is 0. The fourth-order valence-electron chi connectivity index (χ4n) is 1.50. The van der Waals surface area contributed by atoms with E-state index in [0.717, 1.165) is 10.8 Å². The number of halogens is 1. The molecular weight excluding hydrogens is 337 g/mol. The summed E-state index contributed by atoms with van der Waals surface area (Å²) in [6.07, 6.45) is 0.152. The maximum absolute atomic E-state index is 12.0. The Labute approximate surface area is 116 Å². The van der Waals surface area contributed by atoms with Crippen molar-refractivity contribution in [1.29, 1.82) is 0 Å². The molecular formula is C11H20INO4. The molecule has 1 heterocycles. The quantitative estimate of drug-likeness (QED) is 0.613. The number of ether oxygens (including phenoxy) is 2. The van der Waals surface area contributed by atoms with Gasteiger partial charge in [0.2, 0.25) is 0 Å². The van der Waals surface area contributed by atoms with Gasteiger partial charge >= 0.3 is 6.09 Å². The second kappa shape index (κ2) is 6.75. The maximum atomic E-state index is 12.0. The van der Waals surface area contributed by atoms with Gasteiger partial charge in [-0.1, -0.05) is 22.6 Å². The monoisotopic (exact) mass is 357 g/mol. The molecule has 17 heavy (non-hydrogen) atoms. The molecule has 6 heteroatoms. The highest BCUT2D eigenvalue weighted by atomic mass is 127. The van der Waals surface area contributed by atoms with E-state index < -0.39 is 5.60 Å². The molecule has 0 aliphatic carbocycles. The number of carbonyl (C=O) groups excluding carboxylic acids is 1. The predicted octanol–water partition coefficient (Wildman–Crippen LogP) is 1.42. The van der Waals surface area contributed by atoms with Crippen LogP contribution in [0.2, 0.25) is 0 Å². The summed E-state index contributed by atoms with van der Waals surface area (Å²) in [5.74, 6) is 0. The summed E-state index contributed by atoms with van der Waals surface area (Å²) in [7, 11) is 0. The van der Waals surface area contributed by atoms with E-state index in [1.54, 1.807) is 4.90 Å². The first-order valence-corrected chi connectivity index (χ1v) is 7.27. The van der Waals surface area contributed by atoms with Gasteiger partial charge in [-0.05, 0) is 20.3 Å². The number of rotatable bonds is 3. The van der Waals surface area contributed by atoms with Gasteiger partial charge < -0.3 is 19.5 Å². The molecule has 0 aromatic carbocycles. The van der Waals surface area contributed by atoms with Gasteiger partial charge in [-0.15, -0.1) is 0 Å². The van der Waals surface area contributed by atoms with E-state index in [1.165, 1.54) is 0 Å². The molecule has 0 aromatic rings. The molecule has 1 N–H and O–H groups in total. The van der Waals surface area contributed by atoms with Crippen molar-refractivity contribution in [2.75, 3.05) is 30.7 Å². The molecule has 1 aliphatic heterocycles. The van der Waals surface area contributed by atoms with Gasteiger partial charge in [-0.2, -0.15) is 0 Å². The topological polar surface area (TPSA) is 59.0 Å². The second-order valence-electron chi connectivity index (χ2n) is 4.74. The molecule has 0 unspecified atom stereocenters. The SMILES string of the molecule is CC(C)(CI)OC(=O)N1CCCO[C@H](CO)C1. The number of carbonyl (C=O) groups is 1. The van der Waals surface area contributed by atoms with Crippen molar-refractivity contribution < 1.29 is 19.4 Å². The lowest BCUT2D eigenvalue weighted by Crippen LogP contribution is -2.42. The van der Waals surface area contributed by atoms with Crippen LogP contribution in [0.1, 0.15) is 20.3 Å². The lowest BCUT2D eigenvalue weighted by molar-refractivity contribution is 0.000599. The van der Waals surface area contributed by atoms with Gasteiger partial charge in [0, 0.05) is 17.6 Å². The summed E-state index contributed by atoms with van der Waals surface area (Å²) in [4.78, 5) is 13.6. The van der Waals surface area contributed by atoms with E-state index in [9.17, 15) is 4.79 Å². The predicted molar refractivity (Wildman–Crippen MR) is 72.5 cm³/mol.